The number of carbonyl (C=O) groups is 1. The summed E-state index contributed by atoms with van der Waals surface area (Å²) >= 11 is 1.36. The van der Waals surface area contributed by atoms with Crippen LogP contribution in [0.15, 0.2) is 71.0 Å². The summed E-state index contributed by atoms with van der Waals surface area (Å²) in [6.07, 6.45) is 2.74. The standard InChI is InChI=1S/C23H19N5O2S/c29-22(24-11-9-17-13-25-19-4-2-1-3-18(17)19)16-7-5-15(6-8-16)14-28-23(30)21-20(26-27-28)10-12-31-21/h1-8,10,12-13,25H,9,11,14H2,(H,24,29). The molecule has 0 aliphatic heterocycles. The highest BCUT2D eigenvalue weighted by Crippen LogP contribution is 2.18. The van der Waals surface area contributed by atoms with Crippen LogP contribution in [0.3, 0.4) is 0 Å². The second kappa shape index (κ2) is 8.16. The lowest BCUT2D eigenvalue weighted by atomic mass is 10.1. The van der Waals surface area contributed by atoms with Crippen LogP contribution in [0, 0.1) is 0 Å². The summed E-state index contributed by atoms with van der Waals surface area (Å²) in [4.78, 5) is 28.2. The number of amides is 1. The average Bonchev–Trinajstić information content (AvgIpc) is 3.44. The van der Waals surface area contributed by atoms with Gasteiger partial charge in [-0.05, 0) is 47.2 Å². The number of nitrogens with zero attached hydrogens (tertiary/aromatic N) is 3. The van der Waals surface area contributed by atoms with Gasteiger partial charge in [0.2, 0.25) is 0 Å². The number of aromatic amines is 1. The van der Waals surface area contributed by atoms with Crippen molar-refractivity contribution in [3.63, 3.8) is 0 Å². The quantitative estimate of drug-likeness (QED) is 0.433. The number of carbonyl (C=O) groups excluding carboxylic acids is 1. The number of fused-ring (bicyclic) bond motifs is 2. The molecule has 154 valence electrons. The lowest BCUT2D eigenvalue weighted by Gasteiger charge is -2.07. The molecule has 2 aromatic carbocycles. The number of aromatic nitrogens is 4. The zero-order valence-corrected chi connectivity index (χ0v) is 17.4. The van der Waals surface area contributed by atoms with Gasteiger partial charge in [-0.15, -0.1) is 16.4 Å². The van der Waals surface area contributed by atoms with E-state index in [2.05, 4.69) is 26.7 Å². The molecule has 5 rings (SSSR count). The molecule has 31 heavy (non-hydrogen) atoms. The molecule has 0 fully saturated rings. The predicted molar refractivity (Wildman–Crippen MR) is 122 cm³/mol. The molecule has 5 aromatic rings. The molecule has 0 saturated heterocycles. The van der Waals surface area contributed by atoms with Gasteiger partial charge in [-0.2, -0.15) is 0 Å². The SMILES string of the molecule is O=C(NCCc1c[nH]c2ccccc12)c1ccc(Cn2nnc3ccsc3c2=O)cc1. The maximum atomic E-state index is 12.5. The van der Waals surface area contributed by atoms with E-state index in [0.29, 0.717) is 28.9 Å². The van der Waals surface area contributed by atoms with E-state index >= 15 is 0 Å². The van der Waals surface area contributed by atoms with Crippen LogP contribution in [0.1, 0.15) is 21.5 Å². The summed E-state index contributed by atoms with van der Waals surface area (Å²) in [5.41, 5.74) is 4.20. The number of para-hydroxylation sites is 1. The Balaban J connectivity index is 1.21. The number of hydrogen-bond acceptors (Lipinski definition) is 5. The summed E-state index contributed by atoms with van der Waals surface area (Å²) in [6.45, 7) is 0.858. The summed E-state index contributed by atoms with van der Waals surface area (Å²) in [5, 5.41) is 14.1. The highest BCUT2D eigenvalue weighted by atomic mass is 32.1. The molecule has 0 unspecified atom stereocenters. The van der Waals surface area contributed by atoms with Crippen molar-refractivity contribution >= 4 is 38.4 Å². The monoisotopic (exact) mass is 429 g/mol. The van der Waals surface area contributed by atoms with E-state index in [9.17, 15) is 9.59 Å². The maximum absolute atomic E-state index is 12.5. The molecule has 0 spiro atoms. The highest BCUT2D eigenvalue weighted by molar-refractivity contribution is 7.17. The third-order valence-electron chi connectivity index (χ3n) is 5.24. The first-order chi connectivity index (χ1) is 15.2. The van der Waals surface area contributed by atoms with Gasteiger partial charge in [0, 0.05) is 29.2 Å². The van der Waals surface area contributed by atoms with Gasteiger partial charge in [-0.1, -0.05) is 35.5 Å². The zero-order valence-electron chi connectivity index (χ0n) is 16.5. The normalized spacial score (nSPS) is 11.2. The van der Waals surface area contributed by atoms with Gasteiger partial charge in [0.1, 0.15) is 10.2 Å². The lowest BCUT2D eigenvalue weighted by Crippen LogP contribution is -2.26. The Bertz CT molecular complexity index is 1430. The molecule has 0 aliphatic rings. The molecule has 0 atom stereocenters. The van der Waals surface area contributed by atoms with E-state index in [0.717, 1.165) is 17.5 Å². The number of H-pyrrole nitrogens is 1. The molecule has 0 radical (unpaired) electrons. The Morgan fingerprint density at radius 2 is 1.94 bits per heavy atom. The Labute approximate surface area is 181 Å². The molecule has 0 bridgehead atoms. The van der Waals surface area contributed by atoms with Crippen LogP contribution in [-0.2, 0) is 13.0 Å². The van der Waals surface area contributed by atoms with E-state index in [1.165, 1.54) is 27.0 Å². The minimum absolute atomic E-state index is 0.122. The van der Waals surface area contributed by atoms with Crippen molar-refractivity contribution in [2.45, 2.75) is 13.0 Å². The first-order valence-electron chi connectivity index (χ1n) is 9.92. The lowest BCUT2D eigenvalue weighted by molar-refractivity contribution is 0.0954. The molecule has 0 saturated carbocycles. The zero-order chi connectivity index (χ0) is 21.2. The predicted octanol–water partition coefficient (Wildman–Crippen LogP) is 3.36. The largest absolute Gasteiger partial charge is 0.361 e. The Morgan fingerprint density at radius 3 is 2.81 bits per heavy atom. The summed E-state index contributed by atoms with van der Waals surface area (Å²) in [5.74, 6) is -0.122. The van der Waals surface area contributed by atoms with Gasteiger partial charge in [-0.25, -0.2) is 4.68 Å². The van der Waals surface area contributed by atoms with Crippen molar-refractivity contribution in [2.24, 2.45) is 0 Å². The molecule has 8 heteroatoms. The fourth-order valence-corrected chi connectivity index (χ4v) is 4.36. The van der Waals surface area contributed by atoms with E-state index in [-0.39, 0.29) is 11.5 Å². The summed E-state index contributed by atoms with van der Waals surface area (Å²) in [6, 6.07) is 17.1. The van der Waals surface area contributed by atoms with Crippen molar-refractivity contribution in [1.82, 2.24) is 25.3 Å². The molecule has 7 nitrogen and oxygen atoms in total. The Hall–Kier alpha value is -3.78. The smallest absolute Gasteiger partial charge is 0.288 e. The van der Waals surface area contributed by atoms with Crippen LogP contribution in [0.5, 0.6) is 0 Å². The molecule has 3 heterocycles. The van der Waals surface area contributed by atoms with Gasteiger partial charge in [0.15, 0.2) is 0 Å². The van der Waals surface area contributed by atoms with Crippen LogP contribution in [0.25, 0.3) is 21.1 Å². The molecule has 3 aromatic heterocycles. The fraction of sp³-hybridized carbons (Fsp3) is 0.130. The van der Waals surface area contributed by atoms with Crippen molar-refractivity contribution < 1.29 is 4.79 Å². The highest BCUT2D eigenvalue weighted by Gasteiger charge is 2.09. The van der Waals surface area contributed by atoms with Crippen LogP contribution in [0.4, 0.5) is 0 Å². The van der Waals surface area contributed by atoms with Crippen molar-refractivity contribution in [2.75, 3.05) is 6.54 Å². The average molecular weight is 430 g/mol. The number of benzene rings is 2. The van der Waals surface area contributed by atoms with E-state index in [4.69, 9.17) is 0 Å². The van der Waals surface area contributed by atoms with E-state index in [1.54, 1.807) is 18.2 Å². The first kappa shape index (κ1) is 19.2. The van der Waals surface area contributed by atoms with Crippen molar-refractivity contribution in [3.8, 4) is 0 Å². The second-order valence-electron chi connectivity index (χ2n) is 7.25. The first-order valence-corrected chi connectivity index (χ1v) is 10.8. The molecule has 1 amide bonds. The van der Waals surface area contributed by atoms with Crippen LogP contribution >= 0.6 is 11.3 Å². The second-order valence-corrected chi connectivity index (χ2v) is 8.17. The Kier molecular flexibility index (Phi) is 5.05. The van der Waals surface area contributed by atoms with Crippen LogP contribution < -0.4 is 10.9 Å². The maximum Gasteiger partial charge on any atom is 0.288 e. The molecular formula is C23H19N5O2S. The van der Waals surface area contributed by atoms with Gasteiger partial charge in [0.05, 0.1) is 6.54 Å². The number of rotatable bonds is 6. The number of hydrogen-bond donors (Lipinski definition) is 2. The fourth-order valence-electron chi connectivity index (χ4n) is 3.59. The number of nitrogens with one attached hydrogen (secondary N) is 2. The topological polar surface area (TPSA) is 92.7 Å². The third kappa shape index (κ3) is 3.85. The summed E-state index contributed by atoms with van der Waals surface area (Å²) in [7, 11) is 0. The van der Waals surface area contributed by atoms with Gasteiger partial charge >= 0.3 is 0 Å². The van der Waals surface area contributed by atoms with Crippen molar-refractivity contribution in [3.05, 3.63) is 93.2 Å². The number of thiophene rings is 1. The van der Waals surface area contributed by atoms with E-state index in [1.807, 2.05) is 41.9 Å². The molecule has 2 N–H and O–H groups in total. The van der Waals surface area contributed by atoms with Gasteiger partial charge < -0.3 is 10.3 Å². The van der Waals surface area contributed by atoms with Crippen molar-refractivity contribution in [1.29, 1.82) is 0 Å². The third-order valence-corrected chi connectivity index (χ3v) is 6.13. The Morgan fingerprint density at radius 1 is 1.10 bits per heavy atom. The van der Waals surface area contributed by atoms with Gasteiger partial charge in [0.25, 0.3) is 11.5 Å². The summed E-state index contributed by atoms with van der Waals surface area (Å²) < 4.78 is 1.94. The molecule has 0 aliphatic carbocycles. The minimum Gasteiger partial charge on any atom is -0.361 e. The van der Waals surface area contributed by atoms with Gasteiger partial charge in [-0.3, -0.25) is 9.59 Å². The van der Waals surface area contributed by atoms with Crippen LogP contribution in [-0.4, -0.2) is 32.4 Å². The van der Waals surface area contributed by atoms with E-state index < -0.39 is 0 Å². The minimum atomic E-state index is -0.154. The molecular weight excluding hydrogens is 410 g/mol. The van der Waals surface area contributed by atoms with Crippen LogP contribution in [0.2, 0.25) is 0 Å².